The van der Waals surface area contributed by atoms with Crippen LogP contribution in [0.25, 0.3) is 0 Å². The molecular formula is C27H54N2O3. The largest absolute Gasteiger partial charge is 0.481 e. The lowest BCUT2D eigenvalue weighted by Crippen LogP contribution is -2.43. The SMILES string of the molecule is CCCCCCCCCC(=O)N(CCCN(C)C)C(CCCCCCCCC)CC(=O)O. The highest BCUT2D eigenvalue weighted by molar-refractivity contribution is 5.77. The second-order valence-electron chi connectivity index (χ2n) is 9.78. The van der Waals surface area contributed by atoms with Gasteiger partial charge in [-0.2, -0.15) is 0 Å². The molecule has 190 valence electrons. The third-order valence-corrected chi connectivity index (χ3v) is 6.31. The van der Waals surface area contributed by atoms with Gasteiger partial charge in [0.1, 0.15) is 0 Å². The molecule has 0 fully saturated rings. The molecule has 0 radical (unpaired) electrons. The molecule has 0 aliphatic rings. The molecule has 0 aliphatic heterocycles. The molecule has 5 nitrogen and oxygen atoms in total. The molecule has 0 spiro atoms. The van der Waals surface area contributed by atoms with Crippen LogP contribution in [0.1, 0.15) is 129 Å². The summed E-state index contributed by atoms with van der Waals surface area (Å²) in [7, 11) is 4.08. The Morgan fingerprint density at radius 1 is 0.688 bits per heavy atom. The van der Waals surface area contributed by atoms with E-state index in [1.165, 1.54) is 64.2 Å². The zero-order valence-electron chi connectivity index (χ0n) is 21.9. The Kier molecular flexibility index (Phi) is 21.0. The van der Waals surface area contributed by atoms with Crippen LogP contribution < -0.4 is 0 Å². The molecule has 0 aromatic rings. The number of aliphatic carboxylic acids is 1. The lowest BCUT2D eigenvalue weighted by atomic mass is 10.0. The van der Waals surface area contributed by atoms with E-state index in [1.807, 2.05) is 19.0 Å². The summed E-state index contributed by atoms with van der Waals surface area (Å²) in [6.45, 7) is 6.04. The Bertz CT molecular complexity index is 454. The predicted molar refractivity (Wildman–Crippen MR) is 136 cm³/mol. The van der Waals surface area contributed by atoms with Crippen LogP contribution >= 0.6 is 0 Å². The Labute approximate surface area is 199 Å². The van der Waals surface area contributed by atoms with Crippen molar-refractivity contribution in [2.24, 2.45) is 0 Å². The molecule has 0 bridgehead atoms. The summed E-state index contributed by atoms with van der Waals surface area (Å²) in [5.41, 5.74) is 0. The van der Waals surface area contributed by atoms with Gasteiger partial charge in [0.05, 0.1) is 6.42 Å². The Morgan fingerprint density at radius 2 is 1.19 bits per heavy atom. The van der Waals surface area contributed by atoms with Crippen LogP contribution in [-0.2, 0) is 9.59 Å². The van der Waals surface area contributed by atoms with E-state index >= 15 is 0 Å². The van der Waals surface area contributed by atoms with Crippen LogP contribution in [0.4, 0.5) is 0 Å². The Morgan fingerprint density at radius 3 is 1.69 bits per heavy atom. The van der Waals surface area contributed by atoms with Gasteiger partial charge in [0, 0.05) is 19.0 Å². The van der Waals surface area contributed by atoms with Crippen LogP contribution in [0.15, 0.2) is 0 Å². The van der Waals surface area contributed by atoms with Gasteiger partial charge in [0.25, 0.3) is 0 Å². The Balaban J connectivity index is 4.70. The molecule has 0 heterocycles. The molecule has 0 aromatic carbocycles. The normalized spacial score (nSPS) is 12.3. The smallest absolute Gasteiger partial charge is 0.305 e. The topological polar surface area (TPSA) is 60.9 Å². The van der Waals surface area contributed by atoms with E-state index in [0.29, 0.717) is 13.0 Å². The molecule has 1 unspecified atom stereocenters. The minimum atomic E-state index is -0.792. The van der Waals surface area contributed by atoms with E-state index < -0.39 is 5.97 Å². The number of hydrogen-bond donors (Lipinski definition) is 1. The molecule has 0 saturated carbocycles. The minimum Gasteiger partial charge on any atom is -0.481 e. The second kappa shape index (κ2) is 21.7. The molecule has 1 N–H and O–H groups in total. The van der Waals surface area contributed by atoms with Crippen molar-refractivity contribution < 1.29 is 14.7 Å². The summed E-state index contributed by atoms with van der Waals surface area (Å²) in [4.78, 5) is 28.7. The molecule has 1 amide bonds. The monoisotopic (exact) mass is 454 g/mol. The van der Waals surface area contributed by atoms with Crippen molar-refractivity contribution in [1.82, 2.24) is 9.80 Å². The molecular weight excluding hydrogens is 400 g/mol. The maximum Gasteiger partial charge on any atom is 0.305 e. The summed E-state index contributed by atoms with van der Waals surface area (Å²) < 4.78 is 0. The summed E-state index contributed by atoms with van der Waals surface area (Å²) >= 11 is 0. The third-order valence-electron chi connectivity index (χ3n) is 6.31. The van der Waals surface area contributed by atoms with Crippen molar-refractivity contribution in [3.05, 3.63) is 0 Å². The predicted octanol–water partition coefficient (Wildman–Crippen LogP) is 6.89. The number of carbonyl (C=O) groups excluding carboxylic acids is 1. The highest BCUT2D eigenvalue weighted by Gasteiger charge is 2.25. The zero-order valence-corrected chi connectivity index (χ0v) is 21.9. The lowest BCUT2D eigenvalue weighted by Gasteiger charge is -2.32. The number of carbonyl (C=O) groups is 2. The summed E-state index contributed by atoms with van der Waals surface area (Å²) in [5.74, 6) is -0.634. The minimum absolute atomic E-state index is 0.0700. The van der Waals surface area contributed by atoms with Crippen LogP contribution in [-0.4, -0.2) is 60.0 Å². The maximum absolute atomic E-state index is 13.1. The van der Waals surface area contributed by atoms with Gasteiger partial charge in [-0.3, -0.25) is 9.59 Å². The third kappa shape index (κ3) is 18.5. The number of unbranched alkanes of at least 4 members (excludes halogenated alkanes) is 12. The van der Waals surface area contributed by atoms with Gasteiger partial charge in [-0.05, 0) is 39.9 Å². The summed E-state index contributed by atoms with van der Waals surface area (Å²) in [6, 6.07) is -0.164. The second-order valence-corrected chi connectivity index (χ2v) is 9.78. The van der Waals surface area contributed by atoms with E-state index in [9.17, 15) is 14.7 Å². The van der Waals surface area contributed by atoms with Crippen molar-refractivity contribution in [3.63, 3.8) is 0 Å². The lowest BCUT2D eigenvalue weighted by molar-refractivity contribution is -0.141. The first-order chi connectivity index (χ1) is 15.4. The molecule has 0 aromatic heterocycles. The average Bonchev–Trinajstić information content (AvgIpc) is 2.74. The molecule has 0 saturated heterocycles. The maximum atomic E-state index is 13.1. The van der Waals surface area contributed by atoms with Crippen LogP contribution in [0.2, 0.25) is 0 Å². The average molecular weight is 455 g/mol. The standard InChI is InChI=1S/C27H54N2O3/c1-5-7-9-11-13-15-17-20-25(24-27(31)32)29(23-19-22-28(3)4)26(30)21-18-16-14-12-10-8-6-2/h25H,5-24H2,1-4H3,(H,31,32). The van der Waals surface area contributed by atoms with Gasteiger partial charge >= 0.3 is 5.97 Å². The zero-order chi connectivity index (χ0) is 24.0. The molecule has 32 heavy (non-hydrogen) atoms. The van der Waals surface area contributed by atoms with E-state index in [4.69, 9.17) is 0 Å². The summed E-state index contributed by atoms with van der Waals surface area (Å²) in [6.07, 6.45) is 19.1. The quantitative estimate of drug-likeness (QED) is 0.171. The number of carboxylic acids is 1. The van der Waals surface area contributed by atoms with Crippen LogP contribution in [0.5, 0.6) is 0 Å². The fourth-order valence-electron chi connectivity index (χ4n) is 4.35. The first-order valence-electron chi connectivity index (χ1n) is 13.6. The van der Waals surface area contributed by atoms with Gasteiger partial charge < -0.3 is 14.9 Å². The molecule has 0 rings (SSSR count). The first kappa shape index (κ1) is 30.9. The van der Waals surface area contributed by atoms with Crippen molar-refractivity contribution in [1.29, 1.82) is 0 Å². The fourth-order valence-corrected chi connectivity index (χ4v) is 4.35. The number of nitrogens with zero attached hydrogens (tertiary/aromatic N) is 2. The van der Waals surface area contributed by atoms with E-state index in [0.717, 1.165) is 45.1 Å². The van der Waals surface area contributed by atoms with Gasteiger partial charge in [0.15, 0.2) is 0 Å². The van der Waals surface area contributed by atoms with Crippen LogP contribution in [0, 0.1) is 0 Å². The fraction of sp³-hybridized carbons (Fsp3) is 0.926. The van der Waals surface area contributed by atoms with Crippen LogP contribution in [0.3, 0.4) is 0 Å². The van der Waals surface area contributed by atoms with Crippen molar-refractivity contribution in [2.45, 2.75) is 135 Å². The van der Waals surface area contributed by atoms with Crippen molar-refractivity contribution >= 4 is 11.9 Å². The van der Waals surface area contributed by atoms with Gasteiger partial charge in [-0.25, -0.2) is 0 Å². The molecule has 5 heteroatoms. The van der Waals surface area contributed by atoms with Gasteiger partial charge in [-0.15, -0.1) is 0 Å². The van der Waals surface area contributed by atoms with Crippen molar-refractivity contribution in [2.75, 3.05) is 27.2 Å². The number of amides is 1. The molecule has 1 atom stereocenters. The van der Waals surface area contributed by atoms with Gasteiger partial charge in [0.2, 0.25) is 5.91 Å². The number of rotatable bonds is 23. The number of hydrogen-bond acceptors (Lipinski definition) is 3. The highest BCUT2D eigenvalue weighted by Crippen LogP contribution is 2.19. The summed E-state index contributed by atoms with van der Waals surface area (Å²) in [5, 5.41) is 9.50. The number of carboxylic acid groups (broad SMARTS) is 1. The van der Waals surface area contributed by atoms with E-state index in [-0.39, 0.29) is 18.4 Å². The van der Waals surface area contributed by atoms with E-state index in [2.05, 4.69) is 18.7 Å². The highest BCUT2D eigenvalue weighted by atomic mass is 16.4. The van der Waals surface area contributed by atoms with Crippen molar-refractivity contribution in [3.8, 4) is 0 Å². The first-order valence-corrected chi connectivity index (χ1v) is 13.6. The Hall–Kier alpha value is -1.10. The molecule has 0 aliphatic carbocycles. The van der Waals surface area contributed by atoms with E-state index in [1.54, 1.807) is 0 Å². The van der Waals surface area contributed by atoms with Gasteiger partial charge in [-0.1, -0.05) is 97.3 Å².